The van der Waals surface area contributed by atoms with Gasteiger partial charge in [-0.3, -0.25) is 4.79 Å². The molecule has 1 aromatic heterocycles. The molecule has 0 radical (unpaired) electrons. The van der Waals surface area contributed by atoms with E-state index in [9.17, 15) is 4.79 Å². The number of benzene rings is 1. The molecule has 0 fully saturated rings. The van der Waals surface area contributed by atoms with E-state index in [0.717, 1.165) is 5.56 Å². The predicted molar refractivity (Wildman–Crippen MR) is 76.1 cm³/mol. The molecule has 1 aromatic carbocycles. The van der Waals surface area contributed by atoms with Crippen LogP contribution in [0.2, 0.25) is 0 Å². The lowest BCUT2D eigenvalue weighted by Gasteiger charge is -2.05. The molecule has 2 rings (SSSR count). The Kier molecular flexibility index (Phi) is 7.08. The average molecular weight is 311 g/mol. The molecule has 0 aliphatic rings. The summed E-state index contributed by atoms with van der Waals surface area (Å²) in [7, 11) is 0. The maximum atomic E-state index is 12.1. The van der Waals surface area contributed by atoms with Crippen molar-refractivity contribution in [3.8, 4) is 0 Å². The molecule has 0 saturated heterocycles. The lowest BCUT2D eigenvalue weighted by atomic mass is 10.1. The van der Waals surface area contributed by atoms with Crippen molar-refractivity contribution in [3.63, 3.8) is 0 Å². The topological polar surface area (TPSA) is 52.5 Å². The molecule has 1 unspecified atom stereocenters. The molecule has 0 aliphatic heterocycles. The minimum atomic E-state index is -0.163. The third-order valence-corrected chi connectivity index (χ3v) is 2.62. The van der Waals surface area contributed by atoms with Crippen molar-refractivity contribution in [2.24, 2.45) is 0 Å². The number of hydrogen-bond donors (Lipinski definition) is 0. The van der Waals surface area contributed by atoms with Crippen LogP contribution in [0.4, 0.5) is 0 Å². The van der Waals surface area contributed by atoms with Gasteiger partial charge in [0.1, 0.15) is 0 Å². The fourth-order valence-electron chi connectivity index (χ4n) is 1.65. The number of halogens is 1. The van der Waals surface area contributed by atoms with Crippen LogP contribution >= 0.6 is 17.0 Å². The van der Waals surface area contributed by atoms with Gasteiger partial charge < -0.3 is 5.48 Å². The molecule has 2 aromatic rings. The van der Waals surface area contributed by atoms with Gasteiger partial charge in [0, 0.05) is 24.6 Å². The fourth-order valence-corrected chi connectivity index (χ4v) is 1.65. The number of carbonyl (C=O) groups excluding carboxylic acids is 1. The molecule has 0 amide bonds. The van der Waals surface area contributed by atoms with Gasteiger partial charge in [0.2, 0.25) is 11.8 Å². The molecule has 18 heavy (non-hydrogen) atoms. The molecule has 96 valence electrons. The van der Waals surface area contributed by atoms with Gasteiger partial charge in [0.05, 0.1) is 0 Å². The number of ketones is 1. The predicted octanol–water partition coefficient (Wildman–Crippen LogP) is 2.17. The summed E-state index contributed by atoms with van der Waals surface area (Å²) in [6, 6.07) is 15.0. The van der Waals surface area contributed by atoms with Crippen LogP contribution in [0, 0.1) is 0 Å². The number of pyridine rings is 1. The number of Topliss-reactive ketones (excluding diaryl/α,β-unsaturated/α-hetero) is 1. The third kappa shape index (κ3) is 3.75. The molecule has 1 heterocycles. The van der Waals surface area contributed by atoms with Crippen molar-refractivity contribution in [2.75, 3.05) is 0 Å². The minimum absolute atomic E-state index is 0. The third-order valence-electron chi connectivity index (χ3n) is 2.62. The second kappa shape index (κ2) is 7.74. The molecule has 3 nitrogen and oxygen atoms in total. The maximum Gasteiger partial charge on any atom is 0.230 e. The number of aromatic nitrogens is 1. The van der Waals surface area contributed by atoms with Gasteiger partial charge in [0.15, 0.2) is 12.4 Å². The largest absolute Gasteiger partial charge is 0.412 e. The smallest absolute Gasteiger partial charge is 0.230 e. The van der Waals surface area contributed by atoms with Gasteiger partial charge in [-0.2, -0.15) is 4.57 Å². The van der Waals surface area contributed by atoms with E-state index in [2.05, 4.69) is 0 Å². The summed E-state index contributed by atoms with van der Waals surface area (Å²) in [5.41, 5.74) is 0.756. The zero-order chi connectivity index (χ0) is 11.4. The molecule has 0 spiro atoms. The normalized spacial score (nSPS) is 10.7. The first kappa shape index (κ1) is 16.5. The van der Waals surface area contributed by atoms with Crippen LogP contribution in [-0.2, 0) is 0 Å². The van der Waals surface area contributed by atoms with E-state index in [1.54, 1.807) is 0 Å². The second-order valence-corrected chi connectivity index (χ2v) is 3.73. The van der Waals surface area contributed by atoms with Crippen LogP contribution in [0.5, 0.6) is 0 Å². The van der Waals surface area contributed by atoms with Crippen molar-refractivity contribution in [2.45, 2.75) is 13.0 Å². The summed E-state index contributed by atoms with van der Waals surface area (Å²) in [4.78, 5) is 12.1. The quantitative estimate of drug-likeness (QED) is 0.633. The second-order valence-electron chi connectivity index (χ2n) is 3.73. The summed E-state index contributed by atoms with van der Waals surface area (Å²) in [5.74, 6) is 0.136. The van der Waals surface area contributed by atoms with E-state index in [-0.39, 0.29) is 34.3 Å². The van der Waals surface area contributed by atoms with Gasteiger partial charge in [-0.05, 0) is 0 Å². The van der Waals surface area contributed by atoms with Crippen LogP contribution in [0.25, 0.3) is 0 Å². The van der Waals surface area contributed by atoms with Crippen LogP contribution in [0.1, 0.15) is 23.3 Å². The average Bonchev–Trinajstić information content (AvgIpc) is 2.39. The lowest BCUT2D eigenvalue weighted by Crippen LogP contribution is -2.41. The monoisotopic (exact) mass is 310 g/mol. The Balaban J connectivity index is 0.00000144. The number of nitrogens with zero attached hydrogens (tertiary/aromatic N) is 1. The van der Waals surface area contributed by atoms with Gasteiger partial charge >= 0.3 is 0 Å². The molecule has 0 bridgehead atoms. The highest BCUT2D eigenvalue weighted by Gasteiger charge is 2.22. The van der Waals surface area contributed by atoms with E-state index in [1.165, 1.54) is 0 Å². The fraction of sp³-hybridized carbons (Fsp3) is 0.143. The number of carbonyl (C=O) groups is 1. The van der Waals surface area contributed by atoms with Crippen LogP contribution in [0.15, 0.2) is 60.9 Å². The van der Waals surface area contributed by atoms with Gasteiger partial charge in [-0.25, -0.2) is 0 Å². The summed E-state index contributed by atoms with van der Waals surface area (Å²) in [6.07, 6.45) is 3.82. The highest BCUT2D eigenvalue weighted by atomic mass is 79.9. The molecule has 2 N–H and O–H groups in total. The first-order chi connectivity index (χ1) is 7.79. The van der Waals surface area contributed by atoms with Crippen molar-refractivity contribution in [1.82, 2.24) is 0 Å². The summed E-state index contributed by atoms with van der Waals surface area (Å²) < 4.78 is 1.91. The molecular weight excluding hydrogens is 294 g/mol. The van der Waals surface area contributed by atoms with Gasteiger partial charge in [-0.1, -0.05) is 36.4 Å². The number of rotatable bonds is 3. The molecule has 4 heteroatoms. The highest BCUT2D eigenvalue weighted by molar-refractivity contribution is 8.93. The van der Waals surface area contributed by atoms with Crippen molar-refractivity contribution in [1.29, 1.82) is 0 Å². The van der Waals surface area contributed by atoms with Crippen LogP contribution in [-0.4, -0.2) is 11.3 Å². The molecular formula is C14H17BrNO2+. The zero-order valence-corrected chi connectivity index (χ0v) is 11.8. The Morgan fingerprint density at radius 2 is 1.50 bits per heavy atom. The Morgan fingerprint density at radius 1 is 1.00 bits per heavy atom. The van der Waals surface area contributed by atoms with E-state index < -0.39 is 0 Å². The van der Waals surface area contributed by atoms with E-state index in [1.807, 2.05) is 72.4 Å². The van der Waals surface area contributed by atoms with E-state index >= 15 is 0 Å². The minimum Gasteiger partial charge on any atom is -0.412 e. The SMILES string of the molecule is Br.CC(C(=O)c1ccccc1)[n+]1ccccc1.O. The van der Waals surface area contributed by atoms with E-state index in [0.29, 0.717) is 0 Å². The molecule has 0 saturated carbocycles. The Morgan fingerprint density at radius 3 is 2.06 bits per heavy atom. The van der Waals surface area contributed by atoms with Gasteiger partial charge in [-0.15, -0.1) is 17.0 Å². The maximum absolute atomic E-state index is 12.1. The van der Waals surface area contributed by atoms with Gasteiger partial charge in [0.25, 0.3) is 0 Å². The van der Waals surface area contributed by atoms with Crippen LogP contribution < -0.4 is 4.57 Å². The Bertz CT molecular complexity index is 474. The lowest BCUT2D eigenvalue weighted by molar-refractivity contribution is -0.704. The first-order valence-electron chi connectivity index (χ1n) is 5.34. The summed E-state index contributed by atoms with van der Waals surface area (Å²) >= 11 is 0. The highest BCUT2D eigenvalue weighted by Crippen LogP contribution is 2.07. The first-order valence-corrected chi connectivity index (χ1v) is 5.34. The summed E-state index contributed by atoms with van der Waals surface area (Å²) in [5, 5.41) is 0. The Hall–Kier alpha value is -1.52. The van der Waals surface area contributed by atoms with Crippen molar-refractivity contribution in [3.05, 3.63) is 66.5 Å². The summed E-state index contributed by atoms with van der Waals surface area (Å²) in [6.45, 7) is 1.91. The Labute approximate surface area is 117 Å². The zero-order valence-electron chi connectivity index (χ0n) is 10.1. The standard InChI is InChI=1S/C14H14NO.BrH.H2O/c1-12(15-10-6-3-7-11-15)14(16)13-8-4-2-5-9-13;;/h2-12H,1H3;1H;1H2/q+1;;. The van der Waals surface area contributed by atoms with Crippen molar-refractivity contribution >= 4 is 22.8 Å². The van der Waals surface area contributed by atoms with E-state index in [4.69, 9.17) is 0 Å². The molecule has 0 aliphatic carbocycles. The molecule has 1 atom stereocenters. The van der Waals surface area contributed by atoms with Crippen LogP contribution in [0.3, 0.4) is 0 Å². The van der Waals surface area contributed by atoms with Crippen molar-refractivity contribution < 1.29 is 14.8 Å². The number of hydrogen-bond acceptors (Lipinski definition) is 1.